The zero-order valence-electron chi connectivity index (χ0n) is 32.4. The quantitative estimate of drug-likeness (QED) is 0.0963. The van der Waals surface area contributed by atoms with Crippen molar-refractivity contribution in [3.63, 3.8) is 0 Å². The van der Waals surface area contributed by atoms with Gasteiger partial charge in [-0.1, -0.05) is 43.3 Å². The molecule has 0 radical (unpaired) electrons. The molecule has 328 valence electrons. The molecule has 2 aliphatic heterocycles. The van der Waals surface area contributed by atoms with Gasteiger partial charge in [-0.2, -0.15) is 0 Å². The van der Waals surface area contributed by atoms with Gasteiger partial charge in [0, 0.05) is 36.9 Å². The Morgan fingerprint density at radius 2 is 1.18 bits per heavy atom. The van der Waals surface area contributed by atoms with E-state index in [1.807, 2.05) is 12.1 Å². The second kappa shape index (κ2) is 18.9. The molecule has 2 aliphatic rings. The van der Waals surface area contributed by atoms with Crippen molar-refractivity contribution in [1.29, 1.82) is 0 Å². The van der Waals surface area contributed by atoms with Crippen molar-refractivity contribution >= 4 is 62.7 Å². The Morgan fingerprint density at radius 1 is 0.754 bits per heavy atom. The molecular weight excluding hydrogens is 816 g/mol. The minimum Gasteiger partial charge on any atom is -0.412 e. The maximum Gasteiger partial charge on any atom is 0.256 e. The lowest BCUT2D eigenvalue weighted by Crippen LogP contribution is -2.49. The first-order valence-electron chi connectivity index (χ1n) is 18.0. The molecule has 0 bridgehead atoms. The fraction of sp³-hybridized carbons (Fsp3) is 0.333. The smallest absolute Gasteiger partial charge is 0.256 e. The number of ether oxygens (including phenoxy) is 2. The molecular formula is C39H51ClN12O9. The van der Waals surface area contributed by atoms with Crippen LogP contribution in [0, 0.1) is 0 Å². The summed E-state index contributed by atoms with van der Waals surface area (Å²) in [4.78, 5) is 41.8. The SMILES string of the molecule is C.C[C@@]1(O)[C@@H](C(=O)Nc2cccc(CN)c2)O[C@@H](n2ccc3c(Cl)ncnc32)[C@@H]1O.C[C@@]1(O)[C@@H](C(=O)Nc2cccc(CN)c2)O[C@@H](n2ccc3c(N)ncnc32)[C@@H]1O.N.O. The monoisotopic (exact) mass is 866 g/mol. The number of anilines is 3. The van der Waals surface area contributed by atoms with Crippen molar-refractivity contribution in [2.45, 2.75) is 82.4 Å². The number of carbonyl (C=O) groups is 2. The van der Waals surface area contributed by atoms with Crippen LogP contribution in [0.4, 0.5) is 17.2 Å². The zero-order valence-corrected chi connectivity index (χ0v) is 33.1. The summed E-state index contributed by atoms with van der Waals surface area (Å²) in [5, 5.41) is 49.9. The second-order valence-electron chi connectivity index (χ2n) is 14.3. The van der Waals surface area contributed by atoms with Crippen LogP contribution >= 0.6 is 11.6 Å². The van der Waals surface area contributed by atoms with Gasteiger partial charge in [-0.3, -0.25) is 9.59 Å². The number of amides is 2. The molecule has 8 rings (SSSR count). The summed E-state index contributed by atoms with van der Waals surface area (Å²) in [7, 11) is 0. The van der Waals surface area contributed by atoms with E-state index in [4.69, 9.17) is 38.3 Å². The van der Waals surface area contributed by atoms with Gasteiger partial charge in [-0.25, -0.2) is 19.9 Å². The van der Waals surface area contributed by atoms with E-state index in [0.717, 1.165) is 11.1 Å². The number of fused-ring (bicyclic) bond motifs is 2. The Morgan fingerprint density at radius 3 is 1.64 bits per heavy atom. The molecule has 0 spiro atoms. The maximum atomic E-state index is 12.8. The van der Waals surface area contributed by atoms with Crippen molar-refractivity contribution in [2.24, 2.45) is 11.5 Å². The van der Waals surface area contributed by atoms with Crippen LogP contribution in [-0.4, -0.2) is 102 Å². The predicted octanol–water partition coefficient (Wildman–Crippen LogP) is 1.29. The van der Waals surface area contributed by atoms with Crippen LogP contribution in [0.1, 0.15) is 44.9 Å². The van der Waals surface area contributed by atoms with Gasteiger partial charge < -0.3 is 78.5 Å². The number of rotatable bonds is 8. The van der Waals surface area contributed by atoms with Gasteiger partial charge in [-0.05, 0) is 61.4 Å². The van der Waals surface area contributed by atoms with Crippen molar-refractivity contribution in [3.05, 3.63) is 102 Å². The van der Waals surface area contributed by atoms with Crippen LogP contribution in [0.3, 0.4) is 0 Å². The zero-order chi connectivity index (χ0) is 41.5. The summed E-state index contributed by atoms with van der Waals surface area (Å²) >= 11 is 6.07. The van der Waals surface area contributed by atoms with Gasteiger partial charge in [0.25, 0.3) is 11.8 Å². The van der Waals surface area contributed by atoms with E-state index in [-0.39, 0.29) is 30.0 Å². The summed E-state index contributed by atoms with van der Waals surface area (Å²) in [6, 6.07) is 17.4. The molecule has 0 unspecified atom stereocenters. The third-order valence-electron chi connectivity index (χ3n) is 10.2. The average molecular weight is 867 g/mol. The summed E-state index contributed by atoms with van der Waals surface area (Å²) in [6.07, 6.45) is -1.69. The van der Waals surface area contributed by atoms with Crippen molar-refractivity contribution < 1.29 is 45.0 Å². The molecule has 61 heavy (non-hydrogen) atoms. The minimum atomic E-state index is -1.84. The number of nitrogens with two attached hydrogens (primary N) is 3. The highest BCUT2D eigenvalue weighted by Crippen LogP contribution is 2.41. The standard InChI is InChI=1S/C19H20ClN5O4.C19H22N6O4.CH4.H3N.H2O/c1-19(28)13(26)18(25-6-5-12-15(20)22-9-23-16(12)25)29-14(19)17(27)24-11-4-2-3-10(7-11)8-21;1-19(28)13(26)18(25-6-5-12-15(21)22-9-23-16(12)25)29-14(19)17(27)24-11-4-2-3-10(7-11)8-20;;;/h2-7,9,13-14,18,26,28H,8,21H2,1H3,(H,24,27);2-7,9,13-14,18,26,28H,8,20H2,1H3,(H,24,27)(H2,21,22,23);1H4;1H3;1H2/t2*13-,14+,18+,19-;;;/m00.../s1. The molecule has 2 aromatic carbocycles. The van der Waals surface area contributed by atoms with E-state index in [9.17, 15) is 30.0 Å². The van der Waals surface area contributed by atoms with Gasteiger partial charge in [0.2, 0.25) is 0 Å². The molecule has 2 saturated heterocycles. The number of nitrogens with one attached hydrogen (secondary N) is 2. The highest BCUT2D eigenvalue weighted by molar-refractivity contribution is 6.33. The predicted molar refractivity (Wildman–Crippen MR) is 227 cm³/mol. The number of halogens is 1. The first kappa shape index (κ1) is 48.0. The summed E-state index contributed by atoms with van der Waals surface area (Å²) < 4.78 is 14.6. The normalized spacial score (nSPS) is 25.4. The number of benzene rings is 2. The molecule has 2 fully saturated rings. The number of nitrogens with zero attached hydrogens (tertiary/aromatic N) is 6. The third-order valence-corrected chi connectivity index (χ3v) is 10.5. The van der Waals surface area contributed by atoms with Gasteiger partial charge in [0.05, 0.1) is 10.8 Å². The van der Waals surface area contributed by atoms with Crippen molar-refractivity contribution in [1.82, 2.24) is 35.2 Å². The van der Waals surface area contributed by atoms with E-state index in [0.29, 0.717) is 46.5 Å². The van der Waals surface area contributed by atoms with Crippen LogP contribution < -0.4 is 34.0 Å². The van der Waals surface area contributed by atoms with E-state index in [2.05, 4.69) is 30.6 Å². The number of hydrogen-bond donors (Lipinski definition) is 10. The molecule has 8 atom stereocenters. The van der Waals surface area contributed by atoms with Crippen LogP contribution in [0.25, 0.3) is 22.1 Å². The summed E-state index contributed by atoms with van der Waals surface area (Å²) in [5.41, 5.74) is 17.0. The molecule has 2 amide bonds. The highest BCUT2D eigenvalue weighted by atomic mass is 35.5. The van der Waals surface area contributed by atoms with Crippen LogP contribution in [0.5, 0.6) is 0 Å². The van der Waals surface area contributed by atoms with Crippen LogP contribution in [-0.2, 0) is 32.2 Å². The van der Waals surface area contributed by atoms with E-state index < -0.39 is 59.9 Å². The topological polar surface area (TPSA) is 364 Å². The Bertz CT molecular complexity index is 2310. The van der Waals surface area contributed by atoms with Gasteiger partial charge in [0.15, 0.2) is 24.7 Å². The Kier molecular flexibility index (Phi) is 14.9. The number of carbonyl (C=O) groups excluding carboxylic acids is 2. The Hall–Kier alpha value is -5.69. The Balaban J connectivity index is 0.000000256. The van der Waals surface area contributed by atoms with Gasteiger partial charge in [0.1, 0.15) is 58.3 Å². The largest absolute Gasteiger partial charge is 0.412 e. The number of aromatic nitrogens is 6. The number of aliphatic hydroxyl groups is 4. The van der Waals surface area contributed by atoms with E-state index >= 15 is 0 Å². The van der Waals surface area contributed by atoms with E-state index in [1.165, 1.54) is 35.6 Å². The van der Waals surface area contributed by atoms with Crippen LogP contribution in [0.2, 0.25) is 5.15 Å². The highest BCUT2D eigenvalue weighted by Gasteiger charge is 2.57. The minimum absolute atomic E-state index is 0. The maximum absolute atomic E-state index is 12.8. The fourth-order valence-electron chi connectivity index (χ4n) is 6.99. The van der Waals surface area contributed by atoms with Gasteiger partial charge in [-0.15, -0.1) is 0 Å². The molecule has 0 aliphatic carbocycles. The first-order valence-corrected chi connectivity index (χ1v) is 18.4. The molecule has 6 aromatic rings. The Labute approximate surface area is 354 Å². The van der Waals surface area contributed by atoms with Crippen LogP contribution in [0.15, 0.2) is 85.7 Å². The van der Waals surface area contributed by atoms with Crippen molar-refractivity contribution in [3.8, 4) is 0 Å². The fourth-order valence-corrected chi connectivity index (χ4v) is 7.18. The first-order chi connectivity index (χ1) is 27.6. The molecule has 21 nitrogen and oxygen atoms in total. The lowest BCUT2D eigenvalue weighted by atomic mass is 9.94. The summed E-state index contributed by atoms with van der Waals surface area (Å²) in [6.45, 7) is 3.36. The van der Waals surface area contributed by atoms with Crippen molar-refractivity contribution in [2.75, 3.05) is 16.4 Å². The van der Waals surface area contributed by atoms with Gasteiger partial charge >= 0.3 is 0 Å². The molecule has 6 heterocycles. The lowest BCUT2D eigenvalue weighted by molar-refractivity contribution is -0.138. The lowest BCUT2D eigenvalue weighted by Gasteiger charge is -2.25. The summed E-state index contributed by atoms with van der Waals surface area (Å²) in [5.74, 6) is -0.895. The molecule has 4 aromatic heterocycles. The molecule has 0 saturated carbocycles. The number of nitrogen functional groups attached to an aromatic ring is 1. The molecule has 22 heteroatoms. The third kappa shape index (κ3) is 9.03. The molecule has 17 N–H and O–H groups in total. The average Bonchev–Trinajstić information content (AvgIpc) is 3.95. The number of hydrogen-bond acceptors (Lipinski definition) is 16. The van der Waals surface area contributed by atoms with E-state index in [1.54, 1.807) is 60.9 Å². The second-order valence-corrected chi connectivity index (χ2v) is 14.6. The number of aliphatic hydroxyl groups excluding tert-OH is 2.